The number of halogens is 1. The van der Waals surface area contributed by atoms with Crippen molar-refractivity contribution in [2.75, 3.05) is 0 Å². The van der Waals surface area contributed by atoms with E-state index in [4.69, 9.17) is 21.4 Å². The van der Waals surface area contributed by atoms with Crippen LogP contribution in [0.3, 0.4) is 0 Å². The second-order valence-corrected chi connectivity index (χ2v) is 8.60. The van der Waals surface area contributed by atoms with E-state index in [1.165, 1.54) is 5.56 Å². The van der Waals surface area contributed by atoms with E-state index >= 15 is 0 Å². The van der Waals surface area contributed by atoms with Crippen molar-refractivity contribution in [3.8, 4) is 16.9 Å². The first kappa shape index (κ1) is 21.7. The molecule has 0 radical (unpaired) electrons. The number of aliphatic carboxylic acids is 1. The van der Waals surface area contributed by atoms with Gasteiger partial charge in [0.05, 0.1) is 0 Å². The molecule has 0 aliphatic carbocycles. The highest BCUT2D eigenvalue weighted by atomic mass is 35.5. The summed E-state index contributed by atoms with van der Waals surface area (Å²) in [5.74, 6) is -0.374. The van der Waals surface area contributed by atoms with Crippen molar-refractivity contribution in [3.05, 3.63) is 94.5 Å². The van der Waals surface area contributed by atoms with Crippen LogP contribution in [0.4, 0.5) is 0 Å². The van der Waals surface area contributed by atoms with Gasteiger partial charge < -0.3 is 9.84 Å². The largest absolute Gasteiger partial charge is 0.488 e. The van der Waals surface area contributed by atoms with Crippen LogP contribution in [-0.4, -0.2) is 11.1 Å². The summed E-state index contributed by atoms with van der Waals surface area (Å²) in [5, 5.41) is 9.71. The highest BCUT2D eigenvalue weighted by molar-refractivity contribution is 6.30. The van der Waals surface area contributed by atoms with Gasteiger partial charge in [-0.1, -0.05) is 74.8 Å². The lowest BCUT2D eigenvalue weighted by Crippen LogP contribution is -2.10. The first-order chi connectivity index (χ1) is 14.2. The molecular weight excluding hydrogens is 396 g/mol. The molecule has 0 aromatic heterocycles. The maximum absolute atomic E-state index is 11.0. The van der Waals surface area contributed by atoms with Crippen molar-refractivity contribution < 1.29 is 14.6 Å². The molecule has 0 atom stereocenters. The summed E-state index contributed by atoms with van der Waals surface area (Å²) >= 11 is 5.98. The Morgan fingerprint density at radius 3 is 2.20 bits per heavy atom. The average molecular weight is 421 g/mol. The van der Waals surface area contributed by atoms with Crippen LogP contribution in [0.25, 0.3) is 17.2 Å². The Morgan fingerprint density at radius 2 is 1.60 bits per heavy atom. The predicted molar refractivity (Wildman–Crippen MR) is 123 cm³/mol. The summed E-state index contributed by atoms with van der Waals surface area (Å²) < 4.78 is 6.03. The van der Waals surface area contributed by atoms with Crippen LogP contribution >= 0.6 is 11.6 Å². The van der Waals surface area contributed by atoms with E-state index in [1.807, 2.05) is 42.5 Å². The van der Waals surface area contributed by atoms with E-state index in [0.717, 1.165) is 22.8 Å². The van der Waals surface area contributed by atoms with Crippen molar-refractivity contribution in [3.63, 3.8) is 0 Å². The molecule has 3 nitrogen and oxygen atoms in total. The molecule has 0 amide bonds. The standard InChI is InChI=1S/C26H25ClO3/c1-26(2,3)22-10-4-18(5-11-22)17-30-24-14-8-20(16-21(24)9-15-25(28)29)19-6-12-23(27)13-7-19/h4-16H,17H2,1-3H3,(H,28,29). The summed E-state index contributed by atoms with van der Waals surface area (Å²) in [7, 11) is 0. The lowest BCUT2D eigenvalue weighted by Gasteiger charge is -2.19. The van der Waals surface area contributed by atoms with Gasteiger partial charge in [0.2, 0.25) is 0 Å². The minimum atomic E-state index is -1.00. The SMILES string of the molecule is CC(C)(C)c1ccc(COc2ccc(-c3ccc(Cl)cc3)cc2C=CC(=O)O)cc1. The summed E-state index contributed by atoms with van der Waals surface area (Å²) in [5.41, 5.74) is 5.08. The molecule has 3 aromatic carbocycles. The second-order valence-electron chi connectivity index (χ2n) is 8.17. The Morgan fingerprint density at radius 1 is 0.967 bits per heavy atom. The van der Waals surface area contributed by atoms with Crippen molar-refractivity contribution in [1.82, 2.24) is 0 Å². The molecule has 0 saturated carbocycles. The molecule has 0 spiro atoms. The number of rotatable bonds is 6. The molecule has 3 aromatic rings. The number of hydrogen-bond acceptors (Lipinski definition) is 2. The molecule has 4 heteroatoms. The summed E-state index contributed by atoms with van der Waals surface area (Å²) in [4.78, 5) is 11.0. The fourth-order valence-electron chi connectivity index (χ4n) is 3.06. The molecule has 0 aliphatic heterocycles. The molecule has 154 valence electrons. The van der Waals surface area contributed by atoms with Gasteiger partial charge in [-0.15, -0.1) is 0 Å². The topological polar surface area (TPSA) is 46.5 Å². The zero-order valence-electron chi connectivity index (χ0n) is 17.4. The first-order valence-electron chi connectivity index (χ1n) is 9.75. The fourth-order valence-corrected chi connectivity index (χ4v) is 3.18. The monoisotopic (exact) mass is 420 g/mol. The highest BCUT2D eigenvalue weighted by Crippen LogP contribution is 2.29. The maximum atomic E-state index is 11.0. The fraction of sp³-hybridized carbons (Fsp3) is 0.192. The van der Waals surface area contributed by atoms with Crippen LogP contribution in [0.15, 0.2) is 72.8 Å². The van der Waals surface area contributed by atoms with Gasteiger partial charge in [-0.3, -0.25) is 0 Å². The Bertz CT molecular complexity index is 1040. The number of hydrogen-bond donors (Lipinski definition) is 1. The number of ether oxygens (including phenoxy) is 1. The minimum Gasteiger partial charge on any atom is -0.488 e. The van der Waals surface area contributed by atoms with Gasteiger partial charge in [0.25, 0.3) is 0 Å². The van der Waals surface area contributed by atoms with E-state index < -0.39 is 5.97 Å². The number of carbonyl (C=O) groups is 1. The van der Waals surface area contributed by atoms with Gasteiger partial charge in [0.1, 0.15) is 12.4 Å². The molecule has 30 heavy (non-hydrogen) atoms. The van der Waals surface area contributed by atoms with E-state index in [0.29, 0.717) is 22.9 Å². The Labute approximate surface area is 182 Å². The third kappa shape index (κ3) is 5.74. The lowest BCUT2D eigenvalue weighted by atomic mass is 9.87. The summed E-state index contributed by atoms with van der Waals surface area (Å²) in [6.07, 6.45) is 2.67. The Balaban J connectivity index is 1.84. The van der Waals surface area contributed by atoms with E-state index in [9.17, 15) is 4.79 Å². The second kappa shape index (κ2) is 9.19. The highest BCUT2D eigenvalue weighted by Gasteiger charge is 2.13. The molecule has 0 fully saturated rings. The van der Waals surface area contributed by atoms with Crippen molar-refractivity contribution in [1.29, 1.82) is 0 Å². The Kier molecular flexibility index (Phi) is 6.63. The average Bonchev–Trinajstić information content (AvgIpc) is 2.71. The number of benzene rings is 3. The van der Waals surface area contributed by atoms with Gasteiger partial charge in [0, 0.05) is 16.7 Å². The smallest absolute Gasteiger partial charge is 0.328 e. The normalized spacial score (nSPS) is 11.6. The van der Waals surface area contributed by atoms with Gasteiger partial charge in [-0.2, -0.15) is 0 Å². The molecule has 0 heterocycles. The number of carboxylic acids is 1. The molecular formula is C26H25ClO3. The van der Waals surface area contributed by atoms with Crippen molar-refractivity contribution in [2.45, 2.75) is 32.8 Å². The molecule has 0 bridgehead atoms. The van der Waals surface area contributed by atoms with Crippen LogP contribution in [0.2, 0.25) is 5.02 Å². The summed E-state index contributed by atoms with van der Waals surface area (Å²) in [6.45, 7) is 6.95. The zero-order chi connectivity index (χ0) is 21.7. The molecule has 0 aliphatic rings. The quantitative estimate of drug-likeness (QED) is 0.437. The van der Waals surface area contributed by atoms with Crippen LogP contribution < -0.4 is 4.74 Å². The minimum absolute atomic E-state index is 0.103. The van der Waals surface area contributed by atoms with Crippen LogP contribution in [0, 0.1) is 0 Å². The third-order valence-electron chi connectivity index (χ3n) is 4.81. The van der Waals surface area contributed by atoms with E-state index in [1.54, 1.807) is 6.08 Å². The van der Waals surface area contributed by atoms with Gasteiger partial charge >= 0.3 is 5.97 Å². The third-order valence-corrected chi connectivity index (χ3v) is 5.06. The zero-order valence-corrected chi connectivity index (χ0v) is 18.1. The van der Waals surface area contributed by atoms with Crippen molar-refractivity contribution in [2.24, 2.45) is 0 Å². The predicted octanol–water partition coefficient (Wildman–Crippen LogP) is 6.98. The molecule has 1 N–H and O–H groups in total. The van der Waals surface area contributed by atoms with Crippen molar-refractivity contribution >= 4 is 23.6 Å². The van der Waals surface area contributed by atoms with E-state index in [-0.39, 0.29) is 5.41 Å². The Hall–Kier alpha value is -3.04. The lowest BCUT2D eigenvalue weighted by molar-refractivity contribution is -0.131. The molecule has 0 saturated heterocycles. The van der Waals surface area contributed by atoms with E-state index in [2.05, 4.69) is 45.0 Å². The molecule has 0 unspecified atom stereocenters. The first-order valence-corrected chi connectivity index (χ1v) is 10.1. The van der Waals surface area contributed by atoms with Crippen LogP contribution in [0.5, 0.6) is 5.75 Å². The maximum Gasteiger partial charge on any atom is 0.328 e. The number of carboxylic acid groups (broad SMARTS) is 1. The van der Waals surface area contributed by atoms with Crippen LogP contribution in [0.1, 0.15) is 37.5 Å². The molecule has 3 rings (SSSR count). The van der Waals surface area contributed by atoms with Gasteiger partial charge in [-0.25, -0.2) is 4.79 Å². The van der Waals surface area contributed by atoms with Crippen LogP contribution in [-0.2, 0) is 16.8 Å². The summed E-state index contributed by atoms with van der Waals surface area (Å²) in [6, 6.07) is 21.6. The van der Waals surface area contributed by atoms with Gasteiger partial charge in [-0.05, 0) is 58.0 Å². The van der Waals surface area contributed by atoms with Gasteiger partial charge in [0.15, 0.2) is 0 Å².